The van der Waals surface area contributed by atoms with Crippen molar-refractivity contribution in [3.05, 3.63) is 65.7 Å². The van der Waals surface area contributed by atoms with Crippen molar-refractivity contribution in [3.63, 3.8) is 0 Å². The van der Waals surface area contributed by atoms with Crippen LogP contribution in [0, 0.1) is 5.92 Å². The Hall–Kier alpha value is -2.50. The highest BCUT2D eigenvalue weighted by molar-refractivity contribution is 5.97. The maximum Gasteiger partial charge on any atom is 0.166 e. The quantitative estimate of drug-likeness (QED) is 0.711. The third-order valence-electron chi connectivity index (χ3n) is 5.19. The molecule has 1 N–H and O–H groups in total. The van der Waals surface area contributed by atoms with E-state index in [1.165, 1.54) is 6.92 Å². The van der Waals surface area contributed by atoms with Gasteiger partial charge in [-0.3, -0.25) is 9.59 Å². The molecule has 0 saturated carbocycles. The van der Waals surface area contributed by atoms with E-state index in [-0.39, 0.29) is 24.1 Å². The van der Waals surface area contributed by atoms with Crippen LogP contribution >= 0.6 is 0 Å². The van der Waals surface area contributed by atoms with Gasteiger partial charge in [-0.25, -0.2) is 0 Å². The van der Waals surface area contributed by atoms with E-state index in [4.69, 9.17) is 4.74 Å². The van der Waals surface area contributed by atoms with E-state index in [1.54, 1.807) is 24.3 Å². The molecule has 1 aliphatic rings. The molecule has 5 nitrogen and oxygen atoms in total. The highest BCUT2D eigenvalue weighted by Crippen LogP contribution is 2.22. The van der Waals surface area contributed by atoms with E-state index < -0.39 is 6.10 Å². The molecule has 0 aromatic heterocycles. The van der Waals surface area contributed by atoms with Crippen LogP contribution in [-0.2, 0) is 0 Å². The molecule has 2 aromatic carbocycles. The molecule has 0 amide bonds. The largest absolute Gasteiger partial charge is 0.491 e. The molecule has 1 atom stereocenters. The first-order valence-corrected chi connectivity index (χ1v) is 9.76. The van der Waals surface area contributed by atoms with E-state index in [2.05, 4.69) is 4.90 Å². The van der Waals surface area contributed by atoms with Crippen molar-refractivity contribution in [2.45, 2.75) is 25.9 Å². The number of piperidine rings is 1. The van der Waals surface area contributed by atoms with Gasteiger partial charge in [0, 0.05) is 23.6 Å². The lowest BCUT2D eigenvalue weighted by molar-refractivity contribution is 0.0524. The number of benzene rings is 2. The molecular weight excluding hydrogens is 354 g/mol. The van der Waals surface area contributed by atoms with Gasteiger partial charge in [0.25, 0.3) is 0 Å². The van der Waals surface area contributed by atoms with Gasteiger partial charge in [-0.1, -0.05) is 30.3 Å². The normalized spacial score (nSPS) is 16.5. The molecule has 0 bridgehead atoms. The number of ketones is 2. The molecule has 1 aliphatic heterocycles. The minimum absolute atomic E-state index is 0.0146. The zero-order valence-corrected chi connectivity index (χ0v) is 16.2. The van der Waals surface area contributed by atoms with Crippen LogP contribution in [-0.4, -0.2) is 53.9 Å². The number of nitrogens with zero attached hydrogens (tertiary/aromatic N) is 1. The van der Waals surface area contributed by atoms with Crippen molar-refractivity contribution >= 4 is 11.6 Å². The van der Waals surface area contributed by atoms with Crippen molar-refractivity contribution in [1.82, 2.24) is 4.90 Å². The van der Waals surface area contributed by atoms with Gasteiger partial charge >= 0.3 is 0 Å². The van der Waals surface area contributed by atoms with Crippen molar-refractivity contribution in [3.8, 4) is 5.75 Å². The number of rotatable bonds is 8. The fraction of sp³-hybridized carbons (Fsp3) is 0.391. The van der Waals surface area contributed by atoms with E-state index in [0.717, 1.165) is 31.5 Å². The van der Waals surface area contributed by atoms with Crippen LogP contribution in [0.1, 0.15) is 40.5 Å². The van der Waals surface area contributed by atoms with Gasteiger partial charge < -0.3 is 14.7 Å². The Balaban J connectivity index is 1.40. The lowest BCUT2D eigenvalue weighted by Gasteiger charge is -2.32. The Bertz CT molecular complexity index is 780. The van der Waals surface area contributed by atoms with Crippen molar-refractivity contribution in [2.24, 2.45) is 5.92 Å². The standard InChI is InChI=1S/C23H27NO4/c1-17(25)18-7-9-22(10-8-18)28-16-21(26)15-24-13-11-20(12-14-24)23(27)19-5-3-2-4-6-19/h2-10,20-21,26H,11-16H2,1H3. The smallest absolute Gasteiger partial charge is 0.166 e. The maximum atomic E-state index is 12.5. The van der Waals surface area contributed by atoms with Gasteiger partial charge in [-0.05, 0) is 57.1 Å². The molecule has 5 heteroatoms. The first-order chi connectivity index (χ1) is 13.5. The number of hydrogen-bond donors (Lipinski definition) is 1. The second kappa shape index (κ2) is 9.62. The number of carbonyl (C=O) groups is 2. The summed E-state index contributed by atoms with van der Waals surface area (Å²) >= 11 is 0. The van der Waals surface area contributed by atoms with Gasteiger partial charge in [-0.2, -0.15) is 0 Å². The molecule has 1 fully saturated rings. The summed E-state index contributed by atoms with van der Waals surface area (Å²) in [4.78, 5) is 26.0. The summed E-state index contributed by atoms with van der Waals surface area (Å²) in [5.41, 5.74) is 1.42. The fourth-order valence-corrected chi connectivity index (χ4v) is 3.54. The number of Topliss-reactive ketones (excluding diaryl/α,β-unsaturated/α-hetero) is 2. The number of hydrogen-bond acceptors (Lipinski definition) is 5. The van der Waals surface area contributed by atoms with Gasteiger partial charge in [0.1, 0.15) is 18.5 Å². The summed E-state index contributed by atoms with van der Waals surface area (Å²) in [7, 11) is 0. The number of aliphatic hydroxyl groups is 1. The van der Waals surface area contributed by atoms with E-state index in [1.807, 2.05) is 30.3 Å². The third-order valence-corrected chi connectivity index (χ3v) is 5.19. The summed E-state index contributed by atoms with van der Waals surface area (Å²) in [5, 5.41) is 10.3. The van der Waals surface area contributed by atoms with Gasteiger partial charge in [0.15, 0.2) is 11.6 Å². The Morgan fingerprint density at radius 2 is 1.68 bits per heavy atom. The second-order valence-corrected chi connectivity index (χ2v) is 7.35. The average molecular weight is 381 g/mol. The van der Waals surface area contributed by atoms with Gasteiger partial charge in [0.2, 0.25) is 0 Å². The van der Waals surface area contributed by atoms with Crippen molar-refractivity contribution in [1.29, 1.82) is 0 Å². The van der Waals surface area contributed by atoms with E-state index in [9.17, 15) is 14.7 Å². The van der Waals surface area contributed by atoms with E-state index >= 15 is 0 Å². The molecule has 1 unspecified atom stereocenters. The lowest BCUT2D eigenvalue weighted by atomic mass is 9.89. The van der Waals surface area contributed by atoms with Crippen molar-refractivity contribution in [2.75, 3.05) is 26.2 Å². The molecule has 0 aliphatic carbocycles. The fourth-order valence-electron chi connectivity index (χ4n) is 3.54. The van der Waals surface area contributed by atoms with Crippen LogP contribution in [0.5, 0.6) is 5.75 Å². The minimum Gasteiger partial charge on any atom is -0.491 e. The number of likely N-dealkylation sites (tertiary alicyclic amines) is 1. The van der Waals surface area contributed by atoms with Gasteiger partial charge in [-0.15, -0.1) is 0 Å². The number of carbonyl (C=O) groups excluding carboxylic acids is 2. The minimum atomic E-state index is -0.603. The lowest BCUT2D eigenvalue weighted by Crippen LogP contribution is -2.42. The maximum absolute atomic E-state index is 12.5. The molecule has 3 rings (SSSR count). The zero-order valence-electron chi connectivity index (χ0n) is 16.2. The summed E-state index contributed by atoms with van der Waals surface area (Å²) in [6, 6.07) is 16.4. The Kier molecular flexibility index (Phi) is 6.95. The number of β-amino-alcohol motifs (C(OH)–C–C–N with tert-alkyl or cyclic N) is 1. The van der Waals surface area contributed by atoms with E-state index in [0.29, 0.717) is 17.9 Å². The van der Waals surface area contributed by atoms with Crippen LogP contribution in [0.2, 0.25) is 0 Å². The summed E-state index contributed by atoms with van der Waals surface area (Å²) in [6.07, 6.45) is 1.02. The molecule has 0 spiro atoms. The highest BCUT2D eigenvalue weighted by Gasteiger charge is 2.26. The average Bonchev–Trinajstić information content (AvgIpc) is 2.73. The topological polar surface area (TPSA) is 66.8 Å². The zero-order chi connectivity index (χ0) is 19.9. The van der Waals surface area contributed by atoms with Crippen LogP contribution < -0.4 is 4.74 Å². The molecule has 1 saturated heterocycles. The molecule has 28 heavy (non-hydrogen) atoms. The molecule has 1 heterocycles. The summed E-state index contributed by atoms with van der Waals surface area (Å²) in [5.74, 6) is 0.932. The first-order valence-electron chi connectivity index (χ1n) is 9.76. The predicted octanol–water partition coefficient (Wildman–Crippen LogP) is 3.22. The molecular formula is C23H27NO4. The summed E-state index contributed by atoms with van der Waals surface area (Å²) < 4.78 is 5.62. The Labute approximate surface area is 165 Å². The van der Waals surface area contributed by atoms with Crippen LogP contribution in [0.4, 0.5) is 0 Å². The third kappa shape index (κ3) is 5.50. The summed E-state index contributed by atoms with van der Waals surface area (Å²) in [6.45, 7) is 3.84. The molecule has 2 aromatic rings. The Morgan fingerprint density at radius 1 is 1.04 bits per heavy atom. The number of aliphatic hydroxyl groups excluding tert-OH is 1. The second-order valence-electron chi connectivity index (χ2n) is 7.35. The number of ether oxygens (including phenoxy) is 1. The van der Waals surface area contributed by atoms with Crippen molar-refractivity contribution < 1.29 is 19.4 Å². The van der Waals surface area contributed by atoms with Crippen LogP contribution in [0.25, 0.3) is 0 Å². The monoisotopic (exact) mass is 381 g/mol. The Morgan fingerprint density at radius 3 is 2.29 bits per heavy atom. The van der Waals surface area contributed by atoms with Gasteiger partial charge in [0.05, 0.1) is 0 Å². The molecule has 0 radical (unpaired) electrons. The van der Waals surface area contributed by atoms with Crippen LogP contribution in [0.3, 0.4) is 0 Å². The highest BCUT2D eigenvalue weighted by atomic mass is 16.5. The predicted molar refractivity (Wildman–Crippen MR) is 108 cm³/mol. The SMILES string of the molecule is CC(=O)c1ccc(OCC(O)CN2CCC(C(=O)c3ccccc3)CC2)cc1. The first kappa shape index (κ1) is 20.2. The molecule has 148 valence electrons. The van der Waals surface area contributed by atoms with Crippen LogP contribution in [0.15, 0.2) is 54.6 Å².